The normalized spacial score (nSPS) is 21.9. The largest absolute Gasteiger partial charge is 0.508 e. The van der Waals surface area contributed by atoms with E-state index in [9.17, 15) is 19.8 Å². The number of phenolic OH excluding ortho intramolecular Hbond substituents is 2. The molecule has 2 heterocycles. The maximum Gasteiger partial charge on any atom is 0.192 e. The molecule has 0 aromatic heterocycles. The SMILES string of the molecule is O=C1C(C2=C3c4ccccc4NC3/C(=C/c3ccc(O)cc3)C2=O)=C2c3ccccc3NC2/C1=C/c1ccc(O)cc1. The van der Waals surface area contributed by atoms with E-state index in [1.54, 1.807) is 48.5 Å². The van der Waals surface area contributed by atoms with Gasteiger partial charge in [-0.3, -0.25) is 9.59 Å². The molecular weight excluding hydrogens is 524 g/mol. The third-order valence-corrected chi connectivity index (χ3v) is 8.43. The number of benzene rings is 4. The van der Waals surface area contributed by atoms with Crippen LogP contribution < -0.4 is 10.6 Å². The van der Waals surface area contributed by atoms with Crippen LogP contribution in [0.1, 0.15) is 22.3 Å². The summed E-state index contributed by atoms with van der Waals surface area (Å²) >= 11 is 0. The molecule has 4 N–H and O–H groups in total. The molecule has 4 aromatic rings. The van der Waals surface area contributed by atoms with Gasteiger partial charge in [-0.15, -0.1) is 0 Å². The minimum atomic E-state index is -0.409. The summed E-state index contributed by atoms with van der Waals surface area (Å²) in [6.07, 6.45) is 3.68. The van der Waals surface area contributed by atoms with Gasteiger partial charge in [-0.2, -0.15) is 0 Å². The summed E-state index contributed by atoms with van der Waals surface area (Å²) in [6, 6.07) is 28.4. The molecule has 0 saturated heterocycles. The lowest BCUT2D eigenvalue weighted by atomic mass is 9.91. The van der Waals surface area contributed by atoms with E-state index in [2.05, 4.69) is 10.6 Å². The first kappa shape index (κ1) is 24.2. The smallest absolute Gasteiger partial charge is 0.192 e. The first-order chi connectivity index (χ1) is 20.5. The summed E-state index contributed by atoms with van der Waals surface area (Å²) in [7, 11) is 0. The van der Waals surface area contributed by atoms with E-state index in [0.717, 1.165) is 44.8 Å². The fourth-order valence-electron chi connectivity index (χ4n) is 6.57. The van der Waals surface area contributed by atoms with Gasteiger partial charge >= 0.3 is 0 Å². The molecule has 2 unspecified atom stereocenters. The molecule has 0 amide bonds. The van der Waals surface area contributed by atoms with Gasteiger partial charge in [0.15, 0.2) is 11.6 Å². The van der Waals surface area contributed by atoms with Gasteiger partial charge in [0, 0.05) is 55.9 Å². The highest BCUT2D eigenvalue weighted by Crippen LogP contribution is 2.54. The predicted octanol–water partition coefficient (Wildman–Crippen LogP) is 6.23. The first-order valence-corrected chi connectivity index (χ1v) is 13.8. The van der Waals surface area contributed by atoms with Crippen LogP contribution in [0.2, 0.25) is 0 Å². The van der Waals surface area contributed by atoms with Crippen LogP contribution in [0.3, 0.4) is 0 Å². The van der Waals surface area contributed by atoms with Crippen molar-refractivity contribution < 1.29 is 19.8 Å². The van der Waals surface area contributed by atoms with Crippen LogP contribution in [-0.4, -0.2) is 33.9 Å². The Balaban J connectivity index is 1.36. The van der Waals surface area contributed by atoms with Gasteiger partial charge < -0.3 is 20.8 Å². The number of fused-ring (bicyclic) bond motifs is 6. The Morgan fingerprint density at radius 1 is 0.524 bits per heavy atom. The fourth-order valence-corrected chi connectivity index (χ4v) is 6.57. The van der Waals surface area contributed by atoms with Gasteiger partial charge in [-0.25, -0.2) is 0 Å². The Morgan fingerprint density at radius 2 is 0.905 bits per heavy atom. The Kier molecular flexibility index (Phi) is 5.15. The van der Waals surface area contributed by atoms with Crippen LogP contribution in [-0.2, 0) is 9.59 Å². The lowest BCUT2D eigenvalue weighted by Crippen LogP contribution is -2.18. The summed E-state index contributed by atoms with van der Waals surface area (Å²) in [5, 5.41) is 26.6. The molecule has 4 aliphatic rings. The van der Waals surface area contributed by atoms with Crippen molar-refractivity contribution in [1.29, 1.82) is 0 Å². The molecule has 8 rings (SSSR count). The number of carbonyl (C=O) groups excluding carboxylic acids is 2. The van der Waals surface area contributed by atoms with E-state index >= 15 is 0 Å². The number of Topliss-reactive ketones (excluding diaryl/α,β-unsaturated/α-hetero) is 2. The first-order valence-electron chi connectivity index (χ1n) is 13.8. The molecule has 0 fully saturated rings. The Morgan fingerprint density at radius 3 is 1.31 bits per heavy atom. The topological polar surface area (TPSA) is 98.7 Å². The molecule has 2 atom stereocenters. The number of para-hydroxylation sites is 2. The zero-order valence-electron chi connectivity index (χ0n) is 22.3. The van der Waals surface area contributed by atoms with Gasteiger partial charge in [0.1, 0.15) is 11.5 Å². The van der Waals surface area contributed by atoms with Crippen LogP contribution in [0.15, 0.2) is 119 Å². The van der Waals surface area contributed by atoms with Gasteiger partial charge in [0.2, 0.25) is 0 Å². The number of anilines is 2. The average Bonchev–Trinajstić information content (AvgIpc) is 3.70. The van der Waals surface area contributed by atoms with Crippen molar-refractivity contribution in [3.63, 3.8) is 0 Å². The van der Waals surface area contributed by atoms with Crippen molar-refractivity contribution in [2.45, 2.75) is 12.1 Å². The third kappa shape index (κ3) is 3.52. The molecule has 4 aromatic carbocycles. The van der Waals surface area contributed by atoms with Crippen LogP contribution in [0.4, 0.5) is 11.4 Å². The van der Waals surface area contributed by atoms with Gasteiger partial charge in [0.05, 0.1) is 12.1 Å². The molecule has 2 aliphatic heterocycles. The van der Waals surface area contributed by atoms with E-state index in [1.165, 1.54) is 0 Å². The van der Waals surface area contributed by atoms with E-state index in [0.29, 0.717) is 22.3 Å². The molecule has 202 valence electrons. The standard InChI is InChI=1S/C36H24N2O4/c39-21-13-9-19(10-14-21)17-25-33-29(23-5-1-3-7-27(23)37-33)31(35(25)41)32-30-24-6-2-4-8-28(24)38-34(30)26(36(32)42)18-20-11-15-22(40)16-12-20/h1-18,33-34,37-40H/b25-17-,26-18-. The number of hydrogen-bond donors (Lipinski definition) is 4. The highest BCUT2D eigenvalue weighted by Gasteiger charge is 2.50. The van der Waals surface area contributed by atoms with Crippen molar-refractivity contribution in [1.82, 2.24) is 0 Å². The highest BCUT2D eigenvalue weighted by atomic mass is 16.3. The molecule has 42 heavy (non-hydrogen) atoms. The summed E-state index contributed by atoms with van der Waals surface area (Å²) < 4.78 is 0. The number of allylic oxidation sites excluding steroid dienone is 2. The predicted molar refractivity (Wildman–Crippen MR) is 164 cm³/mol. The number of phenols is 2. The number of nitrogens with one attached hydrogen (secondary N) is 2. The number of ketones is 2. The van der Waals surface area contributed by atoms with Crippen molar-refractivity contribution in [3.05, 3.63) is 142 Å². The second-order valence-corrected chi connectivity index (χ2v) is 10.9. The van der Waals surface area contributed by atoms with Gasteiger partial charge in [-0.1, -0.05) is 60.7 Å². The second-order valence-electron chi connectivity index (χ2n) is 10.9. The van der Waals surface area contributed by atoms with E-state index < -0.39 is 12.1 Å². The maximum absolute atomic E-state index is 14.5. The van der Waals surface area contributed by atoms with Crippen molar-refractivity contribution >= 4 is 46.2 Å². The van der Waals surface area contributed by atoms with Crippen LogP contribution in [0, 0.1) is 0 Å². The van der Waals surface area contributed by atoms with Gasteiger partial charge in [-0.05, 0) is 59.7 Å². The molecule has 0 bridgehead atoms. The molecule has 0 spiro atoms. The molecule has 0 saturated carbocycles. The van der Waals surface area contributed by atoms with Crippen molar-refractivity contribution in [2.24, 2.45) is 0 Å². The Hall–Kier alpha value is -5.62. The van der Waals surface area contributed by atoms with Crippen molar-refractivity contribution in [2.75, 3.05) is 10.6 Å². The minimum absolute atomic E-state index is 0.149. The molecule has 6 heteroatoms. The van der Waals surface area contributed by atoms with Crippen molar-refractivity contribution in [3.8, 4) is 11.5 Å². The Labute approximate surface area is 241 Å². The summed E-state index contributed by atoms with van der Waals surface area (Å²) in [5.41, 5.74) is 8.79. The van der Waals surface area contributed by atoms with E-state index in [4.69, 9.17) is 0 Å². The van der Waals surface area contributed by atoms with Crippen LogP contribution >= 0.6 is 0 Å². The number of hydrogen-bond acceptors (Lipinski definition) is 6. The summed E-state index contributed by atoms with van der Waals surface area (Å²) in [6.45, 7) is 0. The molecule has 6 nitrogen and oxygen atoms in total. The highest BCUT2D eigenvalue weighted by molar-refractivity contribution is 6.38. The van der Waals surface area contributed by atoms with E-state index in [1.807, 2.05) is 60.7 Å². The monoisotopic (exact) mass is 548 g/mol. The van der Waals surface area contributed by atoms with Crippen LogP contribution in [0.25, 0.3) is 23.3 Å². The molecular formula is C36H24N2O4. The number of rotatable bonds is 3. The zero-order valence-corrected chi connectivity index (χ0v) is 22.3. The quantitative estimate of drug-likeness (QED) is 0.227. The van der Waals surface area contributed by atoms with E-state index in [-0.39, 0.29) is 23.1 Å². The number of aromatic hydroxyl groups is 2. The van der Waals surface area contributed by atoms with Crippen LogP contribution in [0.5, 0.6) is 11.5 Å². The third-order valence-electron chi connectivity index (χ3n) is 8.43. The maximum atomic E-state index is 14.5. The number of carbonyl (C=O) groups is 2. The zero-order chi connectivity index (χ0) is 28.5. The lowest BCUT2D eigenvalue weighted by molar-refractivity contribution is -0.114. The fraction of sp³-hybridized carbons (Fsp3) is 0.0556. The summed E-state index contributed by atoms with van der Waals surface area (Å²) in [4.78, 5) is 28.9. The lowest BCUT2D eigenvalue weighted by Gasteiger charge is -2.11. The minimum Gasteiger partial charge on any atom is -0.508 e. The van der Waals surface area contributed by atoms with Gasteiger partial charge in [0.25, 0.3) is 0 Å². The Bertz CT molecular complexity index is 1830. The summed E-state index contributed by atoms with van der Waals surface area (Å²) in [5.74, 6) is -0.0729. The average molecular weight is 549 g/mol. The second kappa shape index (κ2) is 8.94. The molecule has 2 aliphatic carbocycles. The molecule has 0 radical (unpaired) electrons.